The highest BCUT2D eigenvalue weighted by Gasteiger charge is 2.27. The minimum Gasteiger partial charge on any atom is -0.326 e. The molecule has 0 aliphatic rings. The minimum atomic E-state index is -0.587. The second-order valence-corrected chi connectivity index (χ2v) is 8.76. The van der Waals surface area contributed by atoms with E-state index in [4.69, 9.17) is 0 Å². The Bertz CT molecular complexity index is 1500. The zero-order valence-electron chi connectivity index (χ0n) is 20.8. The molecule has 0 fully saturated rings. The molecular weight excluding hydrogens is 471 g/mol. The number of aryl methyl sites for hydroxylation is 1. The summed E-state index contributed by atoms with van der Waals surface area (Å²) in [6, 6.07) is 23.4. The van der Waals surface area contributed by atoms with Crippen LogP contribution in [0.5, 0.6) is 0 Å². The fourth-order valence-corrected chi connectivity index (χ4v) is 4.12. The Morgan fingerprint density at radius 2 is 1.70 bits per heavy atom. The molecule has 4 aromatic rings. The Morgan fingerprint density at radius 3 is 2.41 bits per heavy atom. The molecule has 0 aliphatic heterocycles. The average Bonchev–Trinajstić information content (AvgIpc) is 2.88. The van der Waals surface area contributed by atoms with E-state index in [1.54, 1.807) is 42.2 Å². The van der Waals surface area contributed by atoms with Crippen LogP contribution in [0.1, 0.15) is 47.2 Å². The lowest BCUT2D eigenvalue weighted by atomic mass is 10.0. The smallest absolute Gasteiger partial charge is 0.279 e. The number of para-hydroxylation sites is 1. The van der Waals surface area contributed by atoms with E-state index in [9.17, 15) is 18.8 Å². The van der Waals surface area contributed by atoms with Gasteiger partial charge in [0.25, 0.3) is 5.91 Å². The van der Waals surface area contributed by atoms with Crippen LogP contribution in [0.3, 0.4) is 0 Å². The molecule has 0 radical (unpaired) electrons. The Kier molecular flexibility index (Phi) is 7.57. The third-order valence-electron chi connectivity index (χ3n) is 6.00. The van der Waals surface area contributed by atoms with Crippen LogP contribution < -0.4 is 10.7 Å². The maximum Gasteiger partial charge on any atom is 0.279 e. The van der Waals surface area contributed by atoms with Crippen molar-refractivity contribution in [1.29, 1.82) is 0 Å². The van der Waals surface area contributed by atoms with Crippen molar-refractivity contribution < 1.29 is 14.0 Å². The van der Waals surface area contributed by atoms with Crippen LogP contribution in [0.4, 0.5) is 10.1 Å². The van der Waals surface area contributed by atoms with E-state index in [1.807, 2.05) is 43.3 Å². The summed E-state index contributed by atoms with van der Waals surface area (Å²) in [5.41, 5.74) is 1.90. The van der Waals surface area contributed by atoms with Gasteiger partial charge < -0.3 is 10.2 Å². The number of amides is 2. The molecule has 188 valence electrons. The molecule has 1 atom stereocenters. The number of aromatic nitrogens is 2. The van der Waals surface area contributed by atoms with Crippen molar-refractivity contribution in [1.82, 2.24) is 14.7 Å². The first-order chi connectivity index (χ1) is 17.7. The maximum atomic E-state index is 14.5. The van der Waals surface area contributed by atoms with Crippen LogP contribution in [0.2, 0.25) is 0 Å². The number of nitrogens with one attached hydrogen (secondary N) is 1. The minimum absolute atomic E-state index is 0.139. The van der Waals surface area contributed by atoms with Gasteiger partial charge in [0.2, 0.25) is 11.3 Å². The summed E-state index contributed by atoms with van der Waals surface area (Å²) in [7, 11) is 0. The molecule has 3 aromatic carbocycles. The fourth-order valence-electron chi connectivity index (χ4n) is 4.12. The fraction of sp³-hybridized carbons (Fsp3) is 0.172. The molecule has 8 heteroatoms. The standard InChI is InChI=1S/C29H27FN4O3/c1-19-16-27(36)28(32-34(19)26-15-8-7-14-25(26)30)29(37)33(18-22-10-5-4-6-11-22)20(2)23-12-9-13-24(17-23)31-21(3)35/h4-17,20H,18H2,1-3H3,(H,31,35). The first-order valence-electron chi connectivity index (χ1n) is 11.8. The molecule has 7 nitrogen and oxygen atoms in total. The summed E-state index contributed by atoms with van der Waals surface area (Å²) in [6.45, 7) is 5.11. The highest BCUT2D eigenvalue weighted by molar-refractivity contribution is 5.92. The van der Waals surface area contributed by atoms with Gasteiger partial charge in [-0.2, -0.15) is 5.10 Å². The number of hydrogen-bond donors (Lipinski definition) is 1. The lowest BCUT2D eigenvalue weighted by Crippen LogP contribution is -2.37. The van der Waals surface area contributed by atoms with Gasteiger partial charge in [0.1, 0.15) is 11.5 Å². The van der Waals surface area contributed by atoms with Crippen molar-refractivity contribution in [2.24, 2.45) is 0 Å². The van der Waals surface area contributed by atoms with Crippen LogP contribution >= 0.6 is 0 Å². The summed E-state index contributed by atoms with van der Waals surface area (Å²) < 4.78 is 15.8. The van der Waals surface area contributed by atoms with E-state index in [0.717, 1.165) is 11.1 Å². The number of hydrogen-bond acceptors (Lipinski definition) is 4. The summed E-state index contributed by atoms with van der Waals surface area (Å²) in [5.74, 6) is -1.32. The molecule has 4 rings (SSSR count). The highest BCUT2D eigenvalue weighted by atomic mass is 19.1. The van der Waals surface area contributed by atoms with Crippen molar-refractivity contribution in [2.75, 3.05) is 5.32 Å². The van der Waals surface area contributed by atoms with Crippen molar-refractivity contribution in [3.8, 4) is 5.69 Å². The molecule has 1 unspecified atom stereocenters. The Balaban J connectivity index is 1.79. The van der Waals surface area contributed by atoms with E-state index >= 15 is 0 Å². The lowest BCUT2D eigenvalue weighted by molar-refractivity contribution is -0.114. The zero-order valence-corrected chi connectivity index (χ0v) is 20.8. The largest absolute Gasteiger partial charge is 0.326 e. The van der Waals surface area contributed by atoms with Crippen molar-refractivity contribution in [3.05, 3.63) is 123 Å². The third-order valence-corrected chi connectivity index (χ3v) is 6.00. The maximum absolute atomic E-state index is 14.5. The molecule has 1 aromatic heterocycles. The molecule has 1 N–H and O–H groups in total. The normalized spacial score (nSPS) is 11.6. The monoisotopic (exact) mass is 498 g/mol. The number of nitrogens with zero attached hydrogens (tertiary/aromatic N) is 3. The molecule has 0 saturated carbocycles. The van der Waals surface area contributed by atoms with Crippen molar-refractivity contribution in [2.45, 2.75) is 33.4 Å². The number of carbonyl (C=O) groups is 2. The van der Waals surface area contributed by atoms with Gasteiger partial charge >= 0.3 is 0 Å². The first kappa shape index (κ1) is 25.5. The zero-order chi connectivity index (χ0) is 26.5. The quantitative estimate of drug-likeness (QED) is 0.387. The van der Waals surface area contributed by atoms with Crippen molar-refractivity contribution >= 4 is 17.5 Å². The molecular formula is C29H27FN4O3. The number of rotatable bonds is 7. The first-order valence-corrected chi connectivity index (χ1v) is 11.8. The van der Waals surface area contributed by atoms with E-state index in [-0.39, 0.29) is 23.8 Å². The van der Waals surface area contributed by atoms with Crippen LogP contribution in [-0.2, 0) is 11.3 Å². The Morgan fingerprint density at radius 1 is 1.00 bits per heavy atom. The summed E-state index contributed by atoms with van der Waals surface area (Å²) in [4.78, 5) is 40.0. The van der Waals surface area contributed by atoms with Crippen LogP contribution in [-0.4, -0.2) is 26.5 Å². The summed E-state index contributed by atoms with van der Waals surface area (Å²) >= 11 is 0. The van der Waals surface area contributed by atoms with Gasteiger partial charge in [-0.15, -0.1) is 0 Å². The SMILES string of the molecule is CC(=O)Nc1cccc(C(C)N(Cc2ccccc2)C(=O)c2nn(-c3ccccc3F)c(C)cc2=O)c1. The number of benzene rings is 3. The summed E-state index contributed by atoms with van der Waals surface area (Å²) in [6.07, 6.45) is 0. The van der Waals surface area contributed by atoms with Crippen molar-refractivity contribution in [3.63, 3.8) is 0 Å². The molecule has 2 amide bonds. The predicted molar refractivity (Wildman–Crippen MR) is 140 cm³/mol. The van der Waals surface area contributed by atoms with Crippen LogP contribution in [0.25, 0.3) is 5.69 Å². The van der Waals surface area contributed by atoms with Gasteiger partial charge in [-0.1, -0.05) is 54.6 Å². The molecule has 0 saturated heterocycles. The Labute approximate surface area is 214 Å². The topological polar surface area (TPSA) is 84.3 Å². The number of anilines is 1. The number of halogens is 1. The van der Waals surface area contributed by atoms with E-state index in [2.05, 4.69) is 10.4 Å². The van der Waals surface area contributed by atoms with Crippen LogP contribution in [0.15, 0.2) is 89.7 Å². The van der Waals surface area contributed by atoms with Gasteiger partial charge in [0.15, 0.2) is 5.69 Å². The third kappa shape index (κ3) is 5.81. The predicted octanol–water partition coefficient (Wildman–Crippen LogP) is 5.04. The molecule has 0 aliphatic carbocycles. The lowest BCUT2D eigenvalue weighted by Gasteiger charge is -2.30. The van der Waals surface area contributed by atoms with Gasteiger partial charge in [0.05, 0.1) is 6.04 Å². The molecule has 0 bridgehead atoms. The van der Waals surface area contributed by atoms with E-state index in [0.29, 0.717) is 11.4 Å². The Hall–Kier alpha value is -4.59. The molecule has 1 heterocycles. The number of carbonyl (C=O) groups excluding carboxylic acids is 2. The molecule has 0 spiro atoms. The highest BCUT2D eigenvalue weighted by Crippen LogP contribution is 2.26. The van der Waals surface area contributed by atoms with Gasteiger partial charge in [-0.3, -0.25) is 14.4 Å². The van der Waals surface area contributed by atoms with Gasteiger partial charge in [-0.05, 0) is 49.2 Å². The van der Waals surface area contributed by atoms with E-state index in [1.165, 1.54) is 29.8 Å². The van der Waals surface area contributed by atoms with Gasteiger partial charge in [0, 0.05) is 30.9 Å². The van der Waals surface area contributed by atoms with E-state index < -0.39 is 23.2 Å². The average molecular weight is 499 g/mol. The van der Waals surface area contributed by atoms with Gasteiger partial charge in [-0.25, -0.2) is 9.07 Å². The summed E-state index contributed by atoms with van der Waals surface area (Å²) in [5, 5.41) is 7.07. The van der Waals surface area contributed by atoms with Crippen LogP contribution in [0, 0.1) is 12.7 Å². The second-order valence-electron chi connectivity index (χ2n) is 8.76. The molecule has 37 heavy (non-hydrogen) atoms. The second kappa shape index (κ2) is 11.0.